The van der Waals surface area contributed by atoms with Crippen LogP contribution < -0.4 is 37.1 Å². The molecule has 1 amide bonds. The number of aromatic hydroxyl groups is 1. The molecule has 3 atom stereocenters. The summed E-state index contributed by atoms with van der Waals surface area (Å²) in [5, 5.41) is 38.8. The Hall–Kier alpha value is -3.19. The lowest BCUT2D eigenvalue weighted by molar-refractivity contribution is -0.946. The van der Waals surface area contributed by atoms with E-state index < -0.39 is 11.7 Å². The van der Waals surface area contributed by atoms with Gasteiger partial charge in [-0.25, -0.2) is 0 Å². The Kier molecular flexibility index (Phi) is 12.8. The standard InChI is InChI=1S/C41H53N3O7.BrH/c45-33-23-35(40-36(24-33)43-39(47)27-50-40)37(46)25-42-18-15-29-11-13-34(14-12-29)49-22-6-19-44-20-16-30(17-21-44)38(26-44)51-28-41(48,32-9-4-5-10-32)31-7-2-1-3-8-31;/h1-3,7-8,11-14,23-24,30,32,37-38,42,46,48H,4-6,9-10,15-22,25-28H2,(H-,43,45,47);1H/t30?,37-,38-,41+,44?;/m0./s1. The summed E-state index contributed by atoms with van der Waals surface area (Å²) in [4.78, 5) is 11.6. The van der Waals surface area contributed by atoms with E-state index in [1.54, 1.807) is 0 Å². The third kappa shape index (κ3) is 8.94. The highest BCUT2D eigenvalue weighted by atomic mass is 79.9. The van der Waals surface area contributed by atoms with Crippen LogP contribution in [0.25, 0.3) is 0 Å². The van der Waals surface area contributed by atoms with Crippen molar-refractivity contribution in [1.29, 1.82) is 0 Å². The number of quaternary nitrogens is 1. The van der Waals surface area contributed by atoms with Crippen LogP contribution in [0.5, 0.6) is 17.2 Å². The lowest BCUT2D eigenvalue weighted by atomic mass is 9.80. The minimum atomic E-state index is -0.914. The second-order valence-corrected chi connectivity index (χ2v) is 15.2. The summed E-state index contributed by atoms with van der Waals surface area (Å²) in [6, 6.07) is 21.3. The average molecular weight is 781 g/mol. The van der Waals surface area contributed by atoms with Crippen LogP contribution in [0.15, 0.2) is 66.7 Å². The number of rotatable bonds is 16. The van der Waals surface area contributed by atoms with Crippen molar-refractivity contribution < 1.29 is 55.8 Å². The topological polar surface area (TPSA) is 130 Å². The predicted octanol–water partition coefficient (Wildman–Crippen LogP) is 2.07. The molecule has 0 spiro atoms. The van der Waals surface area contributed by atoms with Gasteiger partial charge in [-0.1, -0.05) is 55.3 Å². The number of hydrogen-bond acceptors (Lipinski definition) is 8. The number of phenolic OH excluding ortho intramolecular Hbond substituents is 1. The van der Waals surface area contributed by atoms with Gasteiger partial charge in [0.05, 0.1) is 44.6 Å². The van der Waals surface area contributed by atoms with E-state index in [1.807, 2.05) is 30.3 Å². The summed E-state index contributed by atoms with van der Waals surface area (Å²) in [7, 11) is 0. The first-order chi connectivity index (χ1) is 24.8. The maximum Gasteiger partial charge on any atom is 0.262 e. The Labute approximate surface area is 317 Å². The van der Waals surface area contributed by atoms with E-state index >= 15 is 0 Å². The summed E-state index contributed by atoms with van der Waals surface area (Å²) in [5.41, 5.74) is 2.05. The molecule has 1 aliphatic carbocycles. The number of anilines is 1. The molecule has 3 aromatic rings. The fourth-order valence-corrected chi connectivity index (χ4v) is 8.91. The lowest BCUT2D eigenvalue weighted by Gasteiger charge is -2.53. The second kappa shape index (κ2) is 17.3. The fraction of sp³-hybridized carbons (Fsp3) is 0.537. The minimum absolute atomic E-state index is 0. The summed E-state index contributed by atoms with van der Waals surface area (Å²) in [6.45, 7) is 6.40. The van der Waals surface area contributed by atoms with Crippen molar-refractivity contribution in [3.63, 3.8) is 0 Å². The Bertz CT molecular complexity index is 1610. The number of hydrogen-bond donors (Lipinski definition) is 5. The number of benzene rings is 3. The zero-order valence-corrected chi connectivity index (χ0v) is 31.6. The van der Waals surface area contributed by atoms with Gasteiger partial charge in [-0.05, 0) is 61.1 Å². The molecule has 2 bridgehead atoms. The molecule has 52 heavy (non-hydrogen) atoms. The zero-order chi connectivity index (χ0) is 35.3. The first kappa shape index (κ1) is 38.5. The van der Waals surface area contributed by atoms with Crippen molar-refractivity contribution in [3.05, 3.63) is 83.4 Å². The Morgan fingerprint density at radius 1 is 1.02 bits per heavy atom. The number of carbonyl (C=O) groups is 1. The number of fused-ring (bicyclic) bond motifs is 4. The third-order valence-electron chi connectivity index (χ3n) is 11.8. The number of halogens is 1. The molecular formula is C41H54BrN3O7. The molecule has 282 valence electrons. The molecule has 0 aromatic heterocycles. The Morgan fingerprint density at radius 2 is 1.77 bits per heavy atom. The minimum Gasteiger partial charge on any atom is -1.00 e. The van der Waals surface area contributed by atoms with E-state index in [0.717, 1.165) is 60.1 Å². The number of nitrogens with one attached hydrogen (secondary N) is 2. The van der Waals surface area contributed by atoms with E-state index in [2.05, 4.69) is 34.9 Å². The van der Waals surface area contributed by atoms with Crippen LogP contribution in [0.3, 0.4) is 0 Å². The molecule has 0 radical (unpaired) electrons. The highest BCUT2D eigenvalue weighted by Gasteiger charge is 2.48. The van der Waals surface area contributed by atoms with Crippen LogP contribution >= 0.6 is 0 Å². The fourth-order valence-electron chi connectivity index (χ4n) is 8.91. The van der Waals surface area contributed by atoms with Crippen LogP contribution in [-0.4, -0.2) is 90.9 Å². The average Bonchev–Trinajstić information content (AvgIpc) is 3.71. The first-order valence-electron chi connectivity index (χ1n) is 18.9. The highest BCUT2D eigenvalue weighted by Crippen LogP contribution is 2.43. The maximum atomic E-state index is 12.0. The number of aliphatic hydroxyl groups is 2. The SMILES string of the molecule is O=C1COc2c(cc(O)cc2[C@@H](O)CNCCc2ccc(OCCC[N+]34CCC(CC3)[C@@H](OC[C@@](O)(c3ccccc3)C3CCCC3)C4)cc2)N1.[Br-]. The van der Waals surface area contributed by atoms with Gasteiger partial charge in [-0.2, -0.15) is 0 Å². The molecule has 5 N–H and O–H groups in total. The summed E-state index contributed by atoms with van der Waals surface area (Å²) >= 11 is 0. The van der Waals surface area contributed by atoms with E-state index in [0.29, 0.717) is 42.7 Å². The number of amides is 1. The van der Waals surface area contributed by atoms with Crippen molar-refractivity contribution in [1.82, 2.24) is 5.32 Å². The molecule has 11 heteroatoms. The molecule has 0 unspecified atom stereocenters. The van der Waals surface area contributed by atoms with Crippen LogP contribution in [0.1, 0.15) is 67.7 Å². The second-order valence-electron chi connectivity index (χ2n) is 15.2. The quantitative estimate of drug-likeness (QED) is 0.111. The van der Waals surface area contributed by atoms with Crippen molar-refractivity contribution in [3.8, 4) is 17.2 Å². The number of nitrogens with zero attached hydrogens (tertiary/aromatic N) is 1. The van der Waals surface area contributed by atoms with Crippen LogP contribution in [-0.2, 0) is 21.6 Å². The van der Waals surface area contributed by atoms with Gasteiger partial charge in [0.2, 0.25) is 0 Å². The third-order valence-corrected chi connectivity index (χ3v) is 11.8. The monoisotopic (exact) mass is 779 g/mol. The molecule has 10 nitrogen and oxygen atoms in total. The van der Waals surface area contributed by atoms with Crippen molar-refractivity contribution in [2.24, 2.45) is 11.8 Å². The van der Waals surface area contributed by atoms with Gasteiger partial charge in [0.1, 0.15) is 35.5 Å². The molecule has 3 aromatic carbocycles. The van der Waals surface area contributed by atoms with E-state index in [-0.39, 0.29) is 53.8 Å². The molecular weight excluding hydrogens is 726 g/mol. The molecule has 4 aliphatic heterocycles. The van der Waals surface area contributed by atoms with Gasteiger partial charge in [-0.3, -0.25) is 4.79 Å². The largest absolute Gasteiger partial charge is 1.00 e. The number of carbonyl (C=O) groups excluding carboxylic acids is 1. The Morgan fingerprint density at radius 3 is 2.52 bits per heavy atom. The number of ether oxygens (including phenoxy) is 3. The van der Waals surface area contributed by atoms with Gasteiger partial charge in [0.25, 0.3) is 5.91 Å². The highest BCUT2D eigenvalue weighted by molar-refractivity contribution is 5.96. The molecule has 4 fully saturated rings. The van der Waals surface area contributed by atoms with Gasteiger partial charge in [-0.15, -0.1) is 0 Å². The summed E-state index contributed by atoms with van der Waals surface area (Å²) in [5.74, 6) is 1.77. The van der Waals surface area contributed by atoms with Gasteiger partial charge < -0.3 is 61.6 Å². The zero-order valence-electron chi connectivity index (χ0n) is 30.0. The summed E-state index contributed by atoms with van der Waals surface area (Å²) < 4.78 is 19.5. The van der Waals surface area contributed by atoms with E-state index in [4.69, 9.17) is 14.2 Å². The van der Waals surface area contributed by atoms with Crippen LogP contribution in [0, 0.1) is 11.8 Å². The molecule has 8 rings (SSSR count). The van der Waals surface area contributed by atoms with Crippen molar-refractivity contribution >= 4 is 11.6 Å². The molecule has 3 saturated heterocycles. The maximum absolute atomic E-state index is 12.0. The predicted molar refractivity (Wildman–Crippen MR) is 195 cm³/mol. The first-order valence-corrected chi connectivity index (χ1v) is 18.9. The van der Waals surface area contributed by atoms with Gasteiger partial charge >= 0.3 is 0 Å². The number of phenols is 1. The Balaban J connectivity index is 0.00000464. The molecule has 5 aliphatic rings. The lowest BCUT2D eigenvalue weighted by Crippen LogP contribution is -3.00. The van der Waals surface area contributed by atoms with Gasteiger partial charge in [0.15, 0.2) is 6.61 Å². The molecule has 1 saturated carbocycles. The van der Waals surface area contributed by atoms with Crippen molar-refractivity contribution in [2.45, 2.75) is 69.2 Å². The smallest absolute Gasteiger partial charge is 0.262 e. The van der Waals surface area contributed by atoms with E-state index in [9.17, 15) is 20.1 Å². The number of aliphatic hydroxyl groups excluding tert-OH is 1. The van der Waals surface area contributed by atoms with Crippen molar-refractivity contribution in [2.75, 3.05) is 64.4 Å². The normalized spacial score (nSPS) is 24.2. The van der Waals surface area contributed by atoms with Crippen LogP contribution in [0.4, 0.5) is 5.69 Å². The van der Waals surface area contributed by atoms with Gasteiger partial charge in [0, 0.05) is 43.4 Å². The number of piperidine rings is 3. The summed E-state index contributed by atoms with van der Waals surface area (Å²) in [6.07, 6.45) is 7.97. The van der Waals surface area contributed by atoms with Crippen LogP contribution in [0.2, 0.25) is 0 Å². The molecule has 4 heterocycles. The van der Waals surface area contributed by atoms with E-state index in [1.165, 1.54) is 50.9 Å².